The fraction of sp³-hybridized carbons (Fsp3) is 0.160. The van der Waals surface area contributed by atoms with Gasteiger partial charge < -0.3 is 0 Å². The molecule has 0 atom stereocenters. The Labute approximate surface area is 178 Å². The van der Waals surface area contributed by atoms with Gasteiger partial charge in [0.2, 0.25) is 0 Å². The summed E-state index contributed by atoms with van der Waals surface area (Å²) < 4.78 is 25.6. The summed E-state index contributed by atoms with van der Waals surface area (Å²) in [6.45, 7) is 4.00. The van der Waals surface area contributed by atoms with Gasteiger partial charge in [0.1, 0.15) is 5.82 Å². The first kappa shape index (κ1) is 21.5. The SMILES string of the molecule is CC.CS(=O)(=O)c1ccc(-n2cc(-c3ccccc3)nc2C2=CCC=CC=C2)cc1. The van der Waals surface area contributed by atoms with Crippen molar-refractivity contribution in [3.63, 3.8) is 0 Å². The molecule has 0 spiro atoms. The van der Waals surface area contributed by atoms with E-state index in [1.54, 1.807) is 12.1 Å². The Morgan fingerprint density at radius 1 is 0.933 bits per heavy atom. The highest BCUT2D eigenvalue weighted by molar-refractivity contribution is 7.90. The topological polar surface area (TPSA) is 52.0 Å². The van der Waals surface area contributed by atoms with E-state index in [0.29, 0.717) is 4.90 Å². The molecule has 5 heteroatoms. The van der Waals surface area contributed by atoms with Gasteiger partial charge >= 0.3 is 0 Å². The van der Waals surface area contributed by atoms with Gasteiger partial charge in [0.05, 0.1) is 10.6 Å². The predicted molar refractivity (Wildman–Crippen MR) is 124 cm³/mol. The van der Waals surface area contributed by atoms with Crippen LogP contribution >= 0.6 is 0 Å². The Kier molecular flexibility index (Phi) is 6.85. The molecule has 2 aromatic carbocycles. The van der Waals surface area contributed by atoms with E-state index >= 15 is 0 Å². The van der Waals surface area contributed by atoms with Crippen molar-refractivity contribution < 1.29 is 8.42 Å². The van der Waals surface area contributed by atoms with Gasteiger partial charge in [0, 0.05) is 29.3 Å². The molecule has 0 unspecified atom stereocenters. The number of hydrogen-bond donors (Lipinski definition) is 0. The fourth-order valence-corrected chi connectivity index (χ4v) is 3.76. The minimum atomic E-state index is -3.23. The van der Waals surface area contributed by atoms with E-state index in [4.69, 9.17) is 4.98 Å². The number of benzene rings is 2. The maximum Gasteiger partial charge on any atom is 0.175 e. The highest BCUT2D eigenvalue weighted by atomic mass is 32.2. The standard InChI is InChI=1S/C23H20N2O2S.C2H6/c1-28(26,27)21-15-13-20(14-16-21)25-17-22(18-9-7-4-8-10-18)24-23(25)19-11-5-2-3-6-12-19;1-2/h2-5,7-17H,6H2,1H3;1-2H3. The van der Waals surface area contributed by atoms with E-state index in [1.807, 2.05) is 85.3 Å². The summed E-state index contributed by atoms with van der Waals surface area (Å²) in [5, 5.41) is 0. The lowest BCUT2D eigenvalue weighted by atomic mass is 10.2. The monoisotopic (exact) mass is 418 g/mol. The van der Waals surface area contributed by atoms with Crippen LogP contribution in [0.4, 0.5) is 0 Å². The average Bonchev–Trinajstić information content (AvgIpc) is 3.04. The first-order chi connectivity index (χ1) is 14.5. The normalized spacial score (nSPS) is 13.2. The Morgan fingerprint density at radius 3 is 2.30 bits per heavy atom. The van der Waals surface area contributed by atoms with Gasteiger partial charge in [-0.3, -0.25) is 4.57 Å². The molecule has 30 heavy (non-hydrogen) atoms. The molecule has 0 radical (unpaired) electrons. The van der Waals surface area contributed by atoms with E-state index in [1.165, 1.54) is 6.26 Å². The van der Waals surface area contributed by atoms with Crippen LogP contribution in [0.3, 0.4) is 0 Å². The lowest BCUT2D eigenvalue weighted by molar-refractivity contribution is 0.602. The second kappa shape index (κ2) is 9.55. The number of hydrogen-bond acceptors (Lipinski definition) is 3. The highest BCUT2D eigenvalue weighted by Gasteiger charge is 2.15. The molecule has 4 rings (SSSR count). The van der Waals surface area contributed by atoms with Crippen LogP contribution in [0.1, 0.15) is 26.1 Å². The van der Waals surface area contributed by atoms with Crippen LogP contribution in [0.5, 0.6) is 0 Å². The van der Waals surface area contributed by atoms with E-state index in [0.717, 1.165) is 34.8 Å². The maximum absolute atomic E-state index is 11.8. The molecule has 3 aromatic rings. The largest absolute Gasteiger partial charge is 0.299 e. The van der Waals surface area contributed by atoms with Crippen LogP contribution in [0.15, 0.2) is 96.1 Å². The minimum absolute atomic E-state index is 0.305. The molecule has 154 valence electrons. The van der Waals surface area contributed by atoms with Gasteiger partial charge in [-0.1, -0.05) is 74.6 Å². The van der Waals surface area contributed by atoms with Crippen LogP contribution in [0, 0.1) is 0 Å². The van der Waals surface area contributed by atoms with E-state index < -0.39 is 9.84 Å². The van der Waals surface area contributed by atoms with Gasteiger partial charge in [-0.2, -0.15) is 0 Å². The number of sulfone groups is 1. The first-order valence-corrected chi connectivity index (χ1v) is 11.9. The molecule has 0 amide bonds. The zero-order valence-electron chi connectivity index (χ0n) is 17.5. The van der Waals surface area contributed by atoms with Gasteiger partial charge in [-0.05, 0) is 30.7 Å². The summed E-state index contributed by atoms with van der Waals surface area (Å²) in [4.78, 5) is 5.20. The first-order valence-electron chi connectivity index (χ1n) is 10.0. The van der Waals surface area contributed by atoms with Crippen LogP contribution in [0.2, 0.25) is 0 Å². The average molecular weight is 419 g/mol. The molecule has 0 N–H and O–H groups in total. The number of rotatable bonds is 4. The molecule has 1 aliphatic rings. The van der Waals surface area contributed by atoms with Crippen molar-refractivity contribution in [3.8, 4) is 16.9 Å². The van der Waals surface area contributed by atoms with Crippen molar-refractivity contribution in [3.05, 3.63) is 97.0 Å². The number of imidazole rings is 1. The Bertz CT molecular complexity index is 1180. The van der Waals surface area contributed by atoms with Gasteiger partial charge in [0.25, 0.3) is 0 Å². The predicted octanol–water partition coefficient (Wildman–Crippen LogP) is 5.87. The number of allylic oxidation sites excluding steroid dienone is 6. The van der Waals surface area contributed by atoms with Crippen molar-refractivity contribution in [2.24, 2.45) is 0 Å². The van der Waals surface area contributed by atoms with Crippen molar-refractivity contribution in [1.29, 1.82) is 0 Å². The zero-order chi connectivity index (χ0) is 21.6. The summed E-state index contributed by atoms with van der Waals surface area (Å²) >= 11 is 0. The van der Waals surface area contributed by atoms with Gasteiger partial charge in [0.15, 0.2) is 9.84 Å². The van der Waals surface area contributed by atoms with E-state index in [-0.39, 0.29) is 0 Å². The molecule has 0 saturated heterocycles. The molecule has 1 aromatic heterocycles. The van der Waals surface area contributed by atoms with E-state index in [2.05, 4.69) is 12.2 Å². The van der Waals surface area contributed by atoms with Crippen molar-refractivity contribution in [2.75, 3.05) is 6.26 Å². The van der Waals surface area contributed by atoms with Crippen LogP contribution < -0.4 is 0 Å². The maximum atomic E-state index is 11.8. The lowest BCUT2D eigenvalue weighted by Gasteiger charge is -2.09. The van der Waals surface area contributed by atoms with Crippen molar-refractivity contribution in [2.45, 2.75) is 25.2 Å². The molecular weight excluding hydrogens is 392 g/mol. The lowest BCUT2D eigenvalue weighted by Crippen LogP contribution is -2.01. The molecule has 1 heterocycles. The fourth-order valence-electron chi connectivity index (χ4n) is 3.13. The third kappa shape index (κ3) is 4.86. The number of nitrogens with zero attached hydrogens (tertiary/aromatic N) is 2. The van der Waals surface area contributed by atoms with Crippen molar-refractivity contribution >= 4 is 15.4 Å². The van der Waals surface area contributed by atoms with Crippen LogP contribution in [0.25, 0.3) is 22.5 Å². The third-order valence-corrected chi connectivity index (χ3v) is 5.70. The molecule has 1 aliphatic carbocycles. The molecule has 0 saturated carbocycles. The summed E-state index contributed by atoms with van der Waals surface area (Å²) in [5.74, 6) is 0.825. The van der Waals surface area contributed by atoms with Gasteiger partial charge in [-0.15, -0.1) is 0 Å². The van der Waals surface area contributed by atoms with E-state index in [9.17, 15) is 8.42 Å². The number of aromatic nitrogens is 2. The molecule has 0 bridgehead atoms. The Hall–Kier alpha value is -3.18. The zero-order valence-corrected chi connectivity index (χ0v) is 18.3. The molecule has 0 fully saturated rings. The quantitative estimate of drug-likeness (QED) is 0.532. The van der Waals surface area contributed by atoms with Crippen LogP contribution in [-0.4, -0.2) is 24.2 Å². The minimum Gasteiger partial charge on any atom is -0.299 e. The molecule has 0 aliphatic heterocycles. The summed E-state index contributed by atoms with van der Waals surface area (Å²) in [6, 6.07) is 16.9. The third-order valence-electron chi connectivity index (χ3n) is 4.57. The molecular formula is C25H26N2O2S. The Balaban J connectivity index is 0.00000124. The van der Waals surface area contributed by atoms with Crippen molar-refractivity contribution in [1.82, 2.24) is 9.55 Å². The smallest absolute Gasteiger partial charge is 0.175 e. The van der Waals surface area contributed by atoms with Crippen LogP contribution in [-0.2, 0) is 9.84 Å². The van der Waals surface area contributed by atoms with Gasteiger partial charge in [-0.25, -0.2) is 13.4 Å². The second-order valence-electron chi connectivity index (χ2n) is 6.63. The highest BCUT2D eigenvalue weighted by Crippen LogP contribution is 2.27. The summed E-state index contributed by atoms with van der Waals surface area (Å²) in [5.41, 5.74) is 3.80. The summed E-state index contributed by atoms with van der Waals surface area (Å²) in [6.07, 6.45) is 14.3. The summed E-state index contributed by atoms with van der Waals surface area (Å²) in [7, 11) is -3.23. The Morgan fingerprint density at radius 2 is 1.63 bits per heavy atom. The molecule has 4 nitrogen and oxygen atoms in total. The second-order valence-corrected chi connectivity index (χ2v) is 8.65.